The van der Waals surface area contributed by atoms with Crippen molar-refractivity contribution in [1.29, 1.82) is 0 Å². The number of carbonyl (C=O) groups is 1. The Morgan fingerprint density at radius 1 is 1.03 bits per heavy atom. The highest BCUT2D eigenvalue weighted by molar-refractivity contribution is 5.93. The number of nitrogens with one attached hydrogen (secondary N) is 2. The van der Waals surface area contributed by atoms with Crippen LogP contribution in [0, 0.1) is 0 Å². The van der Waals surface area contributed by atoms with Gasteiger partial charge in [0.15, 0.2) is 5.96 Å². The minimum atomic E-state index is -0.000852. The summed E-state index contributed by atoms with van der Waals surface area (Å²) in [5.74, 6) is 1.62. The molecule has 29 heavy (non-hydrogen) atoms. The third-order valence-corrected chi connectivity index (χ3v) is 4.37. The van der Waals surface area contributed by atoms with Gasteiger partial charge in [0.25, 0.3) is 5.91 Å². The largest absolute Gasteiger partial charge is 0.489 e. The summed E-state index contributed by atoms with van der Waals surface area (Å²) in [6.45, 7) is 6.11. The van der Waals surface area contributed by atoms with Gasteiger partial charge in [-0.2, -0.15) is 0 Å². The van der Waals surface area contributed by atoms with E-state index in [1.54, 1.807) is 19.0 Å². The Kier molecular flexibility index (Phi) is 9.02. The summed E-state index contributed by atoms with van der Waals surface area (Å²) in [6.07, 6.45) is 0.945. The Hall–Kier alpha value is -3.02. The summed E-state index contributed by atoms with van der Waals surface area (Å²) in [5, 5.41) is 6.62. The highest BCUT2D eigenvalue weighted by Crippen LogP contribution is 2.12. The molecule has 0 fully saturated rings. The van der Waals surface area contributed by atoms with Crippen LogP contribution in [0.2, 0.25) is 0 Å². The maximum absolute atomic E-state index is 12.0. The molecule has 0 bridgehead atoms. The lowest BCUT2D eigenvalue weighted by atomic mass is 10.1. The van der Waals surface area contributed by atoms with E-state index in [9.17, 15) is 4.79 Å². The first-order valence-electron chi connectivity index (χ1n) is 10.1. The summed E-state index contributed by atoms with van der Waals surface area (Å²) >= 11 is 0. The van der Waals surface area contributed by atoms with Crippen LogP contribution in [0.1, 0.15) is 36.2 Å². The number of guanidine groups is 1. The molecule has 0 saturated carbocycles. The van der Waals surface area contributed by atoms with E-state index in [4.69, 9.17) is 4.74 Å². The van der Waals surface area contributed by atoms with Crippen LogP contribution in [0.3, 0.4) is 0 Å². The van der Waals surface area contributed by atoms with Crippen molar-refractivity contribution in [1.82, 2.24) is 15.5 Å². The van der Waals surface area contributed by atoms with Crippen molar-refractivity contribution in [3.63, 3.8) is 0 Å². The maximum Gasteiger partial charge on any atom is 0.253 e. The number of hydrogen-bond acceptors (Lipinski definition) is 3. The SMILES string of the molecule is CCNC(=NCc1ccc(C(=O)N(C)C)cc1)NCC(CC)Oc1ccccc1. The average molecular weight is 397 g/mol. The van der Waals surface area contributed by atoms with Crippen molar-refractivity contribution >= 4 is 11.9 Å². The molecule has 2 aromatic carbocycles. The molecule has 6 heteroatoms. The Morgan fingerprint density at radius 2 is 1.72 bits per heavy atom. The number of ether oxygens (including phenoxy) is 1. The predicted octanol–water partition coefficient (Wildman–Crippen LogP) is 3.30. The number of carbonyl (C=O) groups excluding carboxylic acids is 1. The second kappa shape index (κ2) is 11.7. The van der Waals surface area contributed by atoms with Gasteiger partial charge in [-0.1, -0.05) is 37.3 Å². The number of amides is 1. The van der Waals surface area contributed by atoms with Crippen LogP contribution in [-0.2, 0) is 6.54 Å². The van der Waals surface area contributed by atoms with Crippen molar-refractivity contribution in [2.24, 2.45) is 4.99 Å². The van der Waals surface area contributed by atoms with Crippen LogP contribution in [0.5, 0.6) is 5.75 Å². The second-order valence-corrected chi connectivity index (χ2v) is 6.93. The lowest BCUT2D eigenvalue weighted by Crippen LogP contribution is -2.42. The van der Waals surface area contributed by atoms with Gasteiger partial charge < -0.3 is 20.3 Å². The number of benzene rings is 2. The first kappa shape index (κ1) is 22.3. The van der Waals surface area contributed by atoms with E-state index in [0.29, 0.717) is 18.7 Å². The number of hydrogen-bond donors (Lipinski definition) is 2. The molecule has 1 unspecified atom stereocenters. The molecule has 6 nitrogen and oxygen atoms in total. The predicted molar refractivity (Wildman–Crippen MR) is 118 cm³/mol. The summed E-state index contributed by atoms with van der Waals surface area (Å²) in [4.78, 5) is 18.2. The minimum Gasteiger partial charge on any atom is -0.489 e. The molecule has 1 atom stereocenters. The fourth-order valence-corrected chi connectivity index (χ4v) is 2.69. The summed E-state index contributed by atoms with van der Waals surface area (Å²) in [5.41, 5.74) is 1.72. The van der Waals surface area contributed by atoms with Gasteiger partial charge in [-0.05, 0) is 43.2 Å². The number of para-hydroxylation sites is 1. The fourth-order valence-electron chi connectivity index (χ4n) is 2.69. The Labute approximate surface area is 174 Å². The lowest BCUT2D eigenvalue weighted by molar-refractivity contribution is 0.0827. The van der Waals surface area contributed by atoms with Gasteiger partial charge in [0, 0.05) is 26.2 Å². The van der Waals surface area contributed by atoms with Crippen LogP contribution in [0.15, 0.2) is 59.6 Å². The monoisotopic (exact) mass is 396 g/mol. The van der Waals surface area contributed by atoms with Crippen molar-refractivity contribution in [3.05, 3.63) is 65.7 Å². The summed E-state index contributed by atoms with van der Waals surface area (Å²) in [6, 6.07) is 17.4. The molecule has 0 aliphatic carbocycles. The molecule has 0 aliphatic rings. The number of rotatable bonds is 9. The first-order valence-corrected chi connectivity index (χ1v) is 10.1. The quantitative estimate of drug-likeness (QED) is 0.504. The number of aliphatic imine (C=N–C) groups is 1. The minimum absolute atomic E-state index is 0.000852. The van der Waals surface area contributed by atoms with Gasteiger partial charge in [-0.15, -0.1) is 0 Å². The zero-order valence-corrected chi connectivity index (χ0v) is 17.8. The van der Waals surface area contributed by atoms with Gasteiger partial charge in [0.1, 0.15) is 11.9 Å². The molecule has 1 amide bonds. The van der Waals surface area contributed by atoms with Crippen molar-refractivity contribution in [2.75, 3.05) is 27.2 Å². The Balaban J connectivity index is 1.93. The molecular weight excluding hydrogens is 364 g/mol. The first-order chi connectivity index (χ1) is 14.0. The van der Waals surface area contributed by atoms with Crippen molar-refractivity contribution in [3.8, 4) is 5.75 Å². The van der Waals surface area contributed by atoms with E-state index in [1.165, 1.54) is 0 Å². The topological polar surface area (TPSA) is 66.0 Å². The van der Waals surface area contributed by atoms with Gasteiger partial charge >= 0.3 is 0 Å². The summed E-state index contributed by atoms with van der Waals surface area (Å²) < 4.78 is 6.03. The zero-order chi connectivity index (χ0) is 21.1. The molecule has 2 aromatic rings. The molecule has 0 aliphatic heterocycles. The molecule has 2 N–H and O–H groups in total. The second-order valence-electron chi connectivity index (χ2n) is 6.93. The van der Waals surface area contributed by atoms with Crippen LogP contribution in [0.4, 0.5) is 0 Å². The van der Waals surface area contributed by atoms with Crippen molar-refractivity contribution < 1.29 is 9.53 Å². The van der Waals surface area contributed by atoms with E-state index < -0.39 is 0 Å². The Bertz CT molecular complexity index is 773. The van der Waals surface area contributed by atoms with Gasteiger partial charge in [-0.25, -0.2) is 4.99 Å². The normalized spacial score (nSPS) is 12.2. The van der Waals surface area contributed by atoms with E-state index in [-0.39, 0.29) is 12.0 Å². The fraction of sp³-hybridized carbons (Fsp3) is 0.391. The van der Waals surface area contributed by atoms with Crippen LogP contribution in [0.25, 0.3) is 0 Å². The molecule has 0 radical (unpaired) electrons. The van der Waals surface area contributed by atoms with E-state index in [1.807, 2.05) is 61.5 Å². The molecule has 0 saturated heterocycles. The standard InChI is InChI=1S/C23H32N4O2/c1-5-20(29-21-10-8-7-9-11-21)17-26-23(24-6-2)25-16-18-12-14-19(15-13-18)22(28)27(3)4/h7-15,20H,5-6,16-17H2,1-4H3,(H2,24,25,26). The third kappa shape index (κ3) is 7.49. The van der Waals surface area contributed by atoms with Gasteiger partial charge in [0.05, 0.1) is 13.1 Å². The molecular formula is C23H32N4O2. The third-order valence-electron chi connectivity index (χ3n) is 4.37. The highest BCUT2D eigenvalue weighted by Gasteiger charge is 2.10. The van der Waals surface area contributed by atoms with E-state index in [2.05, 4.69) is 22.5 Å². The van der Waals surface area contributed by atoms with Crippen LogP contribution < -0.4 is 15.4 Å². The molecule has 156 valence electrons. The van der Waals surface area contributed by atoms with E-state index in [0.717, 1.165) is 30.2 Å². The van der Waals surface area contributed by atoms with Crippen LogP contribution in [-0.4, -0.2) is 50.1 Å². The van der Waals surface area contributed by atoms with Gasteiger partial charge in [-0.3, -0.25) is 4.79 Å². The average Bonchev–Trinajstić information content (AvgIpc) is 2.75. The zero-order valence-electron chi connectivity index (χ0n) is 17.8. The molecule has 0 heterocycles. The Morgan fingerprint density at radius 3 is 2.31 bits per heavy atom. The maximum atomic E-state index is 12.0. The van der Waals surface area contributed by atoms with E-state index >= 15 is 0 Å². The molecule has 0 aromatic heterocycles. The molecule has 2 rings (SSSR count). The highest BCUT2D eigenvalue weighted by atomic mass is 16.5. The lowest BCUT2D eigenvalue weighted by Gasteiger charge is -2.20. The number of nitrogens with zero attached hydrogens (tertiary/aromatic N) is 2. The molecule has 0 spiro atoms. The van der Waals surface area contributed by atoms with Gasteiger partial charge in [0.2, 0.25) is 0 Å². The summed E-state index contributed by atoms with van der Waals surface area (Å²) in [7, 11) is 3.50. The smallest absolute Gasteiger partial charge is 0.253 e. The van der Waals surface area contributed by atoms with Crippen LogP contribution >= 0.6 is 0 Å². The van der Waals surface area contributed by atoms with Crippen molar-refractivity contribution in [2.45, 2.75) is 32.9 Å².